The van der Waals surface area contributed by atoms with Crippen LogP contribution >= 0.6 is 7.37 Å². The van der Waals surface area contributed by atoms with E-state index < -0.39 is 7.37 Å². The number of rotatable bonds is 4. The van der Waals surface area contributed by atoms with Gasteiger partial charge >= 0.3 is 7.37 Å². The second kappa shape index (κ2) is 10.8. The van der Waals surface area contributed by atoms with Crippen LogP contribution in [0, 0.1) is 0 Å². The van der Waals surface area contributed by atoms with E-state index in [-0.39, 0.29) is 27.1 Å². The lowest BCUT2D eigenvalue weighted by atomic mass is 9.80. The van der Waals surface area contributed by atoms with Crippen LogP contribution in [0.5, 0.6) is 5.75 Å². The zero-order chi connectivity index (χ0) is 31.4. The highest BCUT2D eigenvalue weighted by Crippen LogP contribution is 2.51. The molecule has 0 aliphatic heterocycles. The Morgan fingerprint density at radius 2 is 0.854 bits per heavy atom. The van der Waals surface area contributed by atoms with Crippen LogP contribution < -0.4 is 15.1 Å². The van der Waals surface area contributed by atoms with Gasteiger partial charge in [0.2, 0.25) is 0 Å². The summed E-state index contributed by atoms with van der Waals surface area (Å²) in [5.41, 5.74) is 5.34. The van der Waals surface area contributed by atoms with Gasteiger partial charge in [-0.1, -0.05) is 140 Å². The van der Waals surface area contributed by atoms with Crippen molar-refractivity contribution in [3.63, 3.8) is 0 Å². The van der Waals surface area contributed by atoms with Gasteiger partial charge in [-0.3, -0.25) is 4.57 Å². The minimum absolute atomic E-state index is 0.00348. The van der Waals surface area contributed by atoms with Gasteiger partial charge in [0, 0.05) is 5.56 Å². The molecule has 0 radical (unpaired) electrons. The molecule has 1 atom stereocenters. The molecular formula is C38H55O2P. The molecule has 3 aromatic rings. The molecule has 0 spiro atoms. The van der Waals surface area contributed by atoms with Crippen LogP contribution in [0.2, 0.25) is 0 Å². The Balaban J connectivity index is 2.39. The summed E-state index contributed by atoms with van der Waals surface area (Å²) in [6, 6.07) is 21.1. The Labute approximate surface area is 251 Å². The van der Waals surface area contributed by atoms with E-state index in [9.17, 15) is 0 Å². The fourth-order valence-corrected chi connectivity index (χ4v) is 7.51. The predicted octanol–water partition coefficient (Wildman–Crippen LogP) is 10.5. The average Bonchev–Trinajstić information content (AvgIpc) is 2.81. The fourth-order valence-electron chi connectivity index (χ4n) is 5.06. The van der Waals surface area contributed by atoms with Crippen molar-refractivity contribution >= 4 is 18.0 Å². The third-order valence-electron chi connectivity index (χ3n) is 7.94. The maximum absolute atomic E-state index is 15.7. The number of hydrogen-bond acceptors (Lipinski definition) is 2. The summed E-state index contributed by atoms with van der Waals surface area (Å²) in [5, 5.41) is 1.50. The molecule has 41 heavy (non-hydrogen) atoms. The van der Waals surface area contributed by atoms with Gasteiger partial charge in [-0.15, -0.1) is 0 Å². The molecule has 1 unspecified atom stereocenters. The van der Waals surface area contributed by atoms with Crippen LogP contribution in [0.25, 0.3) is 0 Å². The SMILES string of the molecule is CC(C)(C)c1ccc(P(=O)(Oc2ccc(C(C)(C)C)cc2C(C)(C)C)c2ccc(C(C)(C)C)cc2C(C)(C)C)cc1. The van der Waals surface area contributed by atoms with Gasteiger partial charge < -0.3 is 4.52 Å². The van der Waals surface area contributed by atoms with Crippen molar-refractivity contribution in [3.8, 4) is 5.75 Å². The van der Waals surface area contributed by atoms with Gasteiger partial charge in [0.15, 0.2) is 0 Å². The molecule has 0 saturated heterocycles. The maximum Gasteiger partial charge on any atom is 0.307 e. The minimum atomic E-state index is -3.58. The van der Waals surface area contributed by atoms with Gasteiger partial charge in [-0.05, 0) is 73.6 Å². The number of benzene rings is 3. The molecule has 0 saturated carbocycles. The topological polar surface area (TPSA) is 26.3 Å². The molecule has 2 nitrogen and oxygen atoms in total. The van der Waals surface area contributed by atoms with Crippen LogP contribution in [0.1, 0.15) is 132 Å². The van der Waals surface area contributed by atoms with Crippen molar-refractivity contribution in [2.45, 2.75) is 131 Å². The highest BCUT2D eigenvalue weighted by Gasteiger charge is 2.38. The van der Waals surface area contributed by atoms with E-state index >= 15 is 4.57 Å². The van der Waals surface area contributed by atoms with E-state index in [1.54, 1.807) is 0 Å². The quantitative estimate of drug-likeness (QED) is 0.290. The van der Waals surface area contributed by atoms with Crippen molar-refractivity contribution in [2.24, 2.45) is 0 Å². The lowest BCUT2D eigenvalue weighted by Gasteiger charge is -2.33. The van der Waals surface area contributed by atoms with Crippen molar-refractivity contribution in [1.29, 1.82) is 0 Å². The van der Waals surface area contributed by atoms with Crippen LogP contribution in [0.3, 0.4) is 0 Å². The second-order valence-electron chi connectivity index (χ2n) is 16.9. The van der Waals surface area contributed by atoms with E-state index in [0.29, 0.717) is 5.75 Å². The molecular weight excluding hydrogens is 519 g/mol. The average molecular weight is 575 g/mol. The van der Waals surface area contributed by atoms with Crippen LogP contribution in [0.4, 0.5) is 0 Å². The molecule has 0 bridgehead atoms. The Morgan fingerprint density at radius 1 is 0.463 bits per heavy atom. The zero-order valence-corrected chi connectivity index (χ0v) is 29.4. The molecule has 3 heteroatoms. The first-order valence-electron chi connectivity index (χ1n) is 15.1. The fraction of sp³-hybridized carbons (Fsp3) is 0.526. The first kappa shape index (κ1) is 33.2. The van der Waals surface area contributed by atoms with Crippen molar-refractivity contribution < 1.29 is 9.09 Å². The maximum atomic E-state index is 15.7. The van der Waals surface area contributed by atoms with E-state index in [0.717, 1.165) is 21.7 Å². The molecule has 224 valence electrons. The molecule has 3 rings (SSSR count). The Kier molecular flexibility index (Phi) is 8.71. The molecule has 0 aliphatic rings. The monoisotopic (exact) mass is 574 g/mol. The number of hydrogen-bond donors (Lipinski definition) is 0. The first-order valence-corrected chi connectivity index (χ1v) is 16.7. The highest BCUT2D eigenvalue weighted by molar-refractivity contribution is 7.74. The lowest BCUT2D eigenvalue weighted by molar-refractivity contribution is 0.481. The Hall–Kier alpha value is -2.31. The van der Waals surface area contributed by atoms with Crippen LogP contribution in [-0.2, 0) is 31.6 Å². The Morgan fingerprint density at radius 3 is 1.27 bits per heavy atom. The highest BCUT2D eigenvalue weighted by atomic mass is 31.2. The summed E-state index contributed by atoms with van der Waals surface area (Å²) in [6.45, 7) is 33.1. The molecule has 0 aromatic heterocycles. The second-order valence-corrected chi connectivity index (χ2v) is 19.2. The van der Waals surface area contributed by atoms with Gasteiger partial charge in [0.05, 0.1) is 10.6 Å². The summed E-state index contributed by atoms with van der Waals surface area (Å²) in [5.74, 6) is 0.688. The summed E-state index contributed by atoms with van der Waals surface area (Å²) in [7, 11) is -3.58. The summed E-state index contributed by atoms with van der Waals surface area (Å²) in [6.07, 6.45) is 0. The third-order valence-corrected chi connectivity index (χ3v) is 10.4. The standard InChI is InChI=1S/C38H55O2P/c1-34(2,3)26-16-20-29(21-17-26)41(39,33-23-19-28(36(7,8)9)25-31(33)38(13,14)15)40-32-22-18-27(35(4,5)6)24-30(32)37(10,11)12/h16-25H,1-15H3. The van der Waals surface area contributed by atoms with Crippen molar-refractivity contribution in [1.82, 2.24) is 0 Å². The van der Waals surface area contributed by atoms with Crippen molar-refractivity contribution in [2.75, 3.05) is 0 Å². The summed E-state index contributed by atoms with van der Waals surface area (Å²) >= 11 is 0. The molecule has 0 amide bonds. The molecule has 0 fully saturated rings. The van der Waals surface area contributed by atoms with Crippen LogP contribution in [-0.4, -0.2) is 0 Å². The van der Waals surface area contributed by atoms with E-state index in [1.165, 1.54) is 16.7 Å². The largest absolute Gasteiger partial charge is 0.437 e. The predicted molar refractivity (Wildman–Crippen MR) is 180 cm³/mol. The summed E-state index contributed by atoms with van der Waals surface area (Å²) in [4.78, 5) is 0. The van der Waals surface area contributed by atoms with Gasteiger partial charge in [0.25, 0.3) is 0 Å². The molecule has 0 aliphatic carbocycles. The smallest absolute Gasteiger partial charge is 0.307 e. The van der Waals surface area contributed by atoms with E-state index in [1.807, 2.05) is 18.2 Å². The zero-order valence-electron chi connectivity index (χ0n) is 28.5. The molecule has 0 heterocycles. The lowest BCUT2D eigenvalue weighted by Crippen LogP contribution is -2.30. The minimum Gasteiger partial charge on any atom is -0.437 e. The van der Waals surface area contributed by atoms with Crippen LogP contribution in [0.15, 0.2) is 60.7 Å². The van der Waals surface area contributed by atoms with E-state index in [4.69, 9.17) is 4.52 Å². The van der Waals surface area contributed by atoms with Gasteiger partial charge in [-0.25, -0.2) is 0 Å². The van der Waals surface area contributed by atoms with E-state index in [2.05, 4.69) is 146 Å². The van der Waals surface area contributed by atoms with Crippen molar-refractivity contribution in [3.05, 3.63) is 88.5 Å². The molecule has 0 N–H and O–H groups in total. The third kappa shape index (κ3) is 7.37. The summed E-state index contributed by atoms with van der Waals surface area (Å²) < 4.78 is 22.7. The Bertz CT molecular complexity index is 1420. The molecule has 3 aromatic carbocycles. The van der Waals surface area contributed by atoms with Gasteiger partial charge in [-0.2, -0.15) is 0 Å². The normalized spacial score (nSPS) is 15.0. The first-order chi connectivity index (χ1) is 18.3. The van der Waals surface area contributed by atoms with Gasteiger partial charge in [0.1, 0.15) is 5.75 Å².